The summed E-state index contributed by atoms with van der Waals surface area (Å²) < 4.78 is 5.24. The van der Waals surface area contributed by atoms with Crippen LogP contribution in [0.5, 0.6) is 0 Å². The van der Waals surface area contributed by atoms with Gasteiger partial charge in [-0.3, -0.25) is 4.79 Å². The zero-order valence-electron chi connectivity index (χ0n) is 6.67. The summed E-state index contributed by atoms with van der Waals surface area (Å²) in [5.74, 6) is 0.421. The maximum absolute atomic E-state index is 11.0. The number of epoxide rings is 1. The number of ether oxygens (including phenoxy) is 1. The zero-order valence-corrected chi connectivity index (χ0v) is 6.67. The molecule has 2 fully saturated rings. The second-order valence-corrected chi connectivity index (χ2v) is 3.66. The number of hydrogen-bond donors (Lipinski definition) is 1. The van der Waals surface area contributed by atoms with E-state index in [2.05, 4.69) is 0 Å². The molecular formula is C8H13NO2. The minimum Gasteiger partial charge on any atom is -0.367 e. The van der Waals surface area contributed by atoms with Gasteiger partial charge in [-0.25, -0.2) is 0 Å². The van der Waals surface area contributed by atoms with E-state index >= 15 is 0 Å². The minimum absolute atomic E-state index is 0.0561. The molecule has 0 aromatic carbocycles. The highest BCUT2D eigenvalue weighted by atomic mass is 16.6. The molecule has 0 aromatic heterocycles. The SMILES string of the molecule is CC1OC1(CC1CC1)C(N)=O. The van der Waals surface area contributed by atoms with E-state index < -0.39 is 5.60 Å². The molecule has 1 aliphatic heterocycles. The molecule has 1 saturated heterocycles. The average molecular weight is 155 g/mol. The van der Waals surface area contributed by atoms with Gasteiger partial charge >= 0.3 is 0 Å². The summed E-state index contributed by atoms with van der Waals surface area (Å²) in [6.07, 6.45) is 3.39. The molecule has 1 saturated carbocycles. The number of amides is 1. The lowest BCUT2D eigenvalue weighted by Gasteiger charge is -2.05. The number of nitrogens with two attached hydrogens (primary N) is 1. The van der Waals surface area contributed by atoms with E-state index in [1.54, 1.807) is 0 Å². The Kier molecular flexibility index (Phi) is 1.27. The van der Waals surface area contributed by atoms with Gasteiger partial charge in [0.25, 0.3) is 5.91 Å². The smallest absolute Gasteiger partial charge is 0.252 e. The van der Waals surface area contributed by atoms with E-state index in [-0.39, 0.29) is 12.0 Å². The van der Waals surface area contributed by atoms with Crippen molar-refractivity contribution in [1.82, 2.24) is 0 Å². The quantitative estimate of drug-likeness (QED) is 0.601. The van der Waals surface area contributed by atoms with Gasteiger partial charge in [-0.05, 0) is 19.3 Å². The van der Waals surface area contributed by atoms with Crippen LogP contribution in [-0.4, -0.2) is 17.6 Å². The fraction of sp³-hybridized carbons (Fsp3) is 0.875. The highest BCUT2D eigenvalue weighted by molar-refractivity contribution is 5.86. The van der Waals surface area contributed by atoms with Gasteiger partial charge < -0.3 is 10.5 Å². The number of carbonyl (C=O) groups excluding carboxylic acids is 1. The first-order valence-corrected chi connectivity index (χ1v) is 4.13. The summed E-state index contributed by atoms with van der Waals surface area (Å²) in [5, 5.41) is 0. The van der Waals surface area contributed by atoms with Crippen LogP contribution in [0.4, 0.5) is 0 Å². The average Bonchev–Trinajstić information content (AvgIpc) is 2.75. The number of carbonyl (C=O) groups is 1. The van der Waals surface area contributed by atoms with Gasteiger partial charge in [0.15, 0.2) is 5.60 Å². The zero-order chi connectivity index (χ0) is 8.06. The van der Waals surface area contributed by atoms with E-state index in [1.807, 2.05) is 6.92 Å². The monoisotopic (exact) mass is 155 g/mol. The van der Waals surface area contributed by atoms with Crippen LogP contribution in [0, 0.1) is 5.92 Å². The molecule has 2 rings (SSSR count). The van der Waals surface area contributed by atoms with Gasteiger partial charge in [0, 0.05) is 0 Å². The van der Waals surface area contributed by atoms with Gasteiger partial charge in [-0.1, -0.05) is 12.8 Å². The summed E-state index contributed by atoms with van der Waals surface area (Å²) in [7, 11) is 0. The number of rotatable bonds is 3. The van der Waals surface area contributed by atoms with Crippen LogP contribution in [-0.2, 0) is 9.53 Å². The first-order valence-electron chi connectivity index (χ1n) is 4.13. The predicted octanol–water partition coefficient (Wildman–Crippen LogP) is 0.429. The van der Waals surface area contributed by atoms with Gasteiger partial charge in [-0.15, -0.1) is 0 Å². The molecule has 11 heavy (non-hydrogen) atoms. The van der Waals surface area contributed by atoms with Gasteiger partial charge in [-0.2, -0.15) is 0 Å². The summed E-state index contributed by atoms with van der Waals surface area (Å²) in [6.45, 7) is 1.91. The Bertz CT molecular complexity index is 200. The molecule has 0 bridgehead atoms. The van der Waals surface area contributed by atoms with Crippen LogP contribution in [0.2, 0.25) is 0 Å². The van der Waals surface area contributed by atoms with E-state index in [4.69, 9.17) is 10.5 Å². The van der Waals surface area contributed by atoms with Crippen LogP contribution in [0.3, 0.4) is 0 Å². The third kappa shape index (κ3) is 1.03. The summed E-state index contributed by atoms with van der Waals surface area (Å²) in [6, 6.07) is 0. The molecule has 3 nitrogen and oxygen atoms in total. The summed E-state index contributed by atoms with van der Waals surface area (Å²) in [5.41, 5.74) is 4.67. The Morgan fingerprint density at radius 3 is 2.55 bits per heavy atom. The molecule has 2 atom stereocenters. The van der Waals surface area contributed by atoms with Crippen molar-refractivity contribution in [3.05, 3.63) is 0 Å². The van der Waals surface area contributed by atoms with Crippen molar-refractivity contribution in [1.29, 1.82) is 0 Å². The Labute approximate surface area is 65.9 Å². The minimum atomic E-state index is -0.568. The van der Waals surface area contributed by atoms with E-state index in [9.17, 15) is 4.79 Å². The first-order chi connectivity index (χ1) is 5.15. The van der Waals surface area contributed by atoms with Gasteiger partial charge in [0.1, 0.15) is 0 Å². The van der Waals surface area contributed by atoms with E-state index in [1.165, 1.54) is 12.8 Å². The molecule has 2 aliphatic rings. The third-order valence-corrected chi connectivity index (χ3v) is 2.69. The van der Waals surface area contributed by atoms with Crippen LogP contribution >= 0.6 is 0 Å². The molecule has 1 heterocycles. The van der Waals surface area contributed by atoms with Crippen molar-refractivity contribution in [3.63, 3.8) is 0 Å². The highest BCUT2D eigenvalue weighted by Gasteiger charge is 2.60. The molecule has 2 unspecified atom stereocenters. The lowest BCUT2D eigenvalue weighted by Crippen LogP contribution is -2.34. The third-order valence-electron chi connectivity index (χ3n) is 2.69. The molecule has 0 aromatic rings. The normalized spacial score (nSPS) is 42.1. The van der Waals surface area contributed by atoms with Crippen LogP contribution in [0.1, 0.15) is 26.2 Å². The van der Waals surface area contributed by atoms with Crippen molar-refractivity contribution in [2.24, 2.45) is 11.7 Å². The molecule has 2 N–H and O–H groups in total. The van der Waals surface area contributed by atoms with Crippen molar-refractivity contribution >= 4 is 5.91 Å². The Hall–Kier alpha value is -0.570. The molecule has 1 aliphatic carbocycles. The van der Waals surface area contributed by atoms with Crippen molar-refractivity contribution in [2.45, 2.75) is 37.9 Å². The maximum Gasteiger partial charge on any atom is 0.252 e. The van der Waals surface area contributed by atoms with E-state index in [0.29, 0.717) is 5.92 Å². The Balaban J connectivity index is 2.00. The predicted molar refractivity (Wildman–Crippen MR) is 39.8 cm³/mol. The standard InChI is InChI=1S/C8H13NO2/c1-5-8(11-5,7(9)10)4-6-2-3-6/h5-6H,2-4H2,1H3,(H2,9,10). The van der Waals surface area contributed by atoms with E-state index in [0.717, 1.165) is 6.42 Å². The Morgan fingerprint density at radius 1 is 1.73 bits per heavy atom. The fourth-order valence-electron chi connectivity index (χ4n) is 1.61. The molecule has 62 valence electrons. The lowest BCUT2D eigenvalue weighted by atomic mass is 9.98. The van der Waals surface area contributed by atoms with Gasteiger partial charge in [0.2, 0.25) is 0 Å². The van der Waals surface area contributed by atoms with Crippen molar-refractivity contribution in [2.75, 3.05) is 0 Å². The molecule has 3 heteroatoms. The lowest BCUT2D eigenvalue weighted by molar-refractivity contribution is -0.123. The number of hydrogen-bond acceptors (Lipinski definition) is 2. The van der Waals surface area contributed by atoms with Crippen molar-refractivity contribution in [3.8, 4) is 0 Å². The molecule has 1 amide bonds. The summed E-state index contributed by atoms with van der Waals surface area (Å²) >= 11 is 0. The topological polar surface area (TPSA) is 55.6 Å². The number of primary amides is 1. The molecule has 0 radical (unpaired) electrons. The van der Waals surface area contributed by atoms with Gasteiger partial charge in [0.05, 0.1) is 6.10 Å². The maximum atomic E-state index is 11.0. The highest BCUT2D eigenvalue weighted by Crippen LogP contribution is 2.47. The largest absolute Gasteiger partial charge is 0.367 e. The molecule has 0 spiro atoms. The second kappa shape index (κ2) is 1.97. The fourth-order valence-corrected chi connectivity index (χ4v) is 1.61. The first kappa shape index (κ1) is 7.10. The Morgan fingerprint density at radius 2 is 2.27 bits per heavy atom. The van der Waals surface area contributed by atoms with Crippen LogP contribution in [0.25, 0.3) is 0 Å². The van der Waals surface area contributed by atoms with Crippen LogP contribution in [0.15, 0.2) is 0 Å². The van der Waals surface area contributed by atoms with Crippen LogP contribution < -0.4 is 5.73 Å². The second-order valence-electron chi connectivity index (χ2n) is 3.66. The summed E-state index contributed by atoms with van der Waals surface area (Å²) in [4.78, 5) is 11.0. The van der Waals surface area contributed by atoms with Crippen molar-refractivity contribution < 1.29 is 9.53 Å². The molecular weight excluding hydrogens is 142 g/mol.